The lowest BCUT2D eigenvalue weighted by atomic mass is 9.89. The summed E-state index contributed by atoms with van der Waals surface area (Å²) >= 11 is 0. The zero-order chi connectivity index (χ0) is 13.4. The quantitative estimate of drug-likeness (QED) is 0.766. The van der Waals surface area contributed by atoms with Crippen molar-refractivity contribution < 1.29 is 4.79 Å². The van der Waals surface area contributed by atoms with Gasteiger partial charge < -0.3 is 16.8 Å². The van der Waals surface area contributed by atoms with Gasteiger partial charge in [-0.25, -0.2) is 4.98 Å². The number of nitrogens with two attached hydrogens (primary N) is 2. The van der Waals surface area contributed by atoms with Crippen LogP contribution >= 0.6 is 0 Å². The standard InChI is InChI=1S/C14H20N4O/c15-12-7-18-13(5-11(12)14(16)19)17-6-10-4-8-1-2-9(10)3-8/h5,7-10H,1-4,6,15H2,(H2,16,19)(H,17,18). The van der Waals surface area contributed by atoms with Crippen molar-refractivity contribution >= 4 is 17.4 Å². The van der Waals surface area contributed by atoms with Gasteiger partial charge in [0.05, 0.1) is 17.4 Å². The summed E-state index contributed by atoms with van der Waals surface area (Å²) in [6, 6.07) is 1.64. The van der Waals surface area contributed by atoms with E-state index in [1.165, 1.54) is 31.9 Å². The molecule has 5 heteroatoms. The number of hydrogen-bond acceptors (Lipinski definition) is 4. The van der Waals surface area contributed by atoms with Crippen molar-refractivity contribution in [3.05, 3.63) is 17.8 Å². The van der Waals surface area contributed by atoms with Crippen LogP contribution in [0.5, 0.6) is 0 Å². The van der Waals surface area contributed by atoms with Crippen LogP contribution in [-0.4, -0.2) is 17.4 Å². The molecular formula is C14H20N4O. The normalized spacial score (nSPS) is 28.5. The molecule has 1 amide bonds. The number of amides is 1. The van der Waals surface area contributed by atoms with Crippen molar-refractivity contribution in [3.63, 3.8) is 0 Å². The van der Waals surface area contributed by atoms with E-state index in [1.54, 1.807) is 6.07 Å². The van der Waals surface area contributed by atoms with Crippen molar-refractivity contribution in [3.8, 4) is 0 Å². The second-order valence-electron chi connectivity index (χ2n) is 5.84. The lowest BCUT2D eigenvalue weighted by molar-refractivity contribution is 0.100. The largest absolute Gasteiger partial charge is 0.397 e. The van der Waals surface area contributed by atoms with Gasteiger partial charge in [0.15, 0.2) is 0 Å². The zero-order valence-corrected chi connectivity index (χ0v) is 10.9. The third-order valence-electron chi connectivity index (χ3n) is 4.63. The number of carbonyl (C=O) groups is 1. The number of fused-ring (bicyclic) bond motifs is 2. The Labute approximate surface area is 112 Å². The molecule has 1 aromatic rings. The third-order valence-corrected chi connectivity index (χ3v) is 4.63. The molecule has 0 aliphatic heterocycles. The van der Waals surface area contributed by atoms with Gasteiger partial charge in [-0.05, 0) is 43.1 Å². The van der Waals surface area contributed by atoms with Crippen molar-refractivity contribution in [2.75, 3.05) is 17.6 Å². The Bertz CT molecular complexity index is 502. The number of pyridine rings is 1. The number of hydrogen-bond donors (Lipinski definition) is 3. The highest BCUT2D eigenvalue weighted by Gasteiger charge is 2.39. The summed E-state index contributed by atoms with van der Waals surface area (Å²) in [6.07, 6.45) is 7.00. The van der Waals surface area contributed by atoms with E-state index in [0.29, 0.717) is 17.1 Å². The van der Waals surface area contributed by atoms with Gasteiger partial charge in [-0.1, -0.05) is 6.42 Å². The topological polar surface area (TPSA) is 94.0 Å². The molecule has 5 nitrogen and oxygen atoms in total. The summed E-state index contributed by atoms with van der Waals surface area (Å²) < 4.78 is 0. The van der Waals surface area contributed by atoms with Crippen LogP contribution in [0.4, 0.5) is 11.5 Å². The number of rotatable bonds is 4. The summed E-state index contributed by atoms with van der Waals surface area (Å²) in [5, 5.41) is 3.32. The van der Waals surface area contributed by atoms with E-state index in [1.807, 2.05) is 0 Å². The lowest BCUT2D eigenvalue weighted by Gasteiger charge is -2.22. The van der Waals surface area contributed by atoms with Gasteiger partial charge in [0, 0.05) is 6.54 Å². The fourth-order valence-corrected chi connectivity index (χ4v) is 3.64. The SMILES string of the molecule is NC(=O)c1cc(NCC2CC3CCC2C3)ncc1N. The number of carbonyl (C=O) groups excluding carboxylic acids is 1. The van der Waals surface area contributed by atoms with Crippen molar-refractivity contribution in [2.24, 2.45) is 23.5 Å². The predicted octanol–water partition coefficient (Wildman–Crippen LogP) is 1.61. The van der Waals surface area contributed by atoms with Crippen LogP contribution < -0.4 is 16.8 Å². The average molecular weight is 260 g/mol. The first-order chi connectivity index (χ1) is 9.13. The molecule has 2 bridgehead atoms. The van der Waals surface area contributed by atoms with Gasteiger partial charge >= 0.3 is 0 Å². The van der Waals surface area contributed by atoms with Crippen molar-refractivity contribution in [1.29, 1.82) is 0 Å². The molecule has 3 unspecified atom stereocenters. The number of nitrogens with zero attached hydrogens (tertiary/aromatic N) is 1. The van der Waals surface area contributed by atoms with Crippen LogP contribution in [0, 0.1) is 17.8 Å². The van der Waals surface area contributed by atoms with E-state index >= 15 is 0 Å². The highest BCUT2D eigenvalue weighted by atomic mass is 16.1. The van der Waals surface area contributed by atoms with E-state index in [9.17, 15) is 4.79 Å². The van der Waals surface area contributed by atoms with E-state index in [0.717, 1.165) is 24.3 Å². The summed E-state index contributed by atoms with van der Waals surface area (Å²) in [7, 11) is 0. The molecule has 0 radical (unpaired) electrons. The molecule has 3 atom stereocenters. The summed E-state index contributed by atoms with van der Waals surface area (Å²) in [5.74, 6) is 2.74. The maximum absolute atomic E-state index is 11.2. The molecule has 102 valence electrons. The fraction of sp³-hybridized carbons (Fsp3) is 0.571. The van der Waals surface area contributed by atoms with Crippen LogP contribution in [0.3, 0.4) is 0 Å². The van der Waals surface area contributed by atoms with Gasteiger partial charge in [-0.2, -0.15) is 0 Å². The van der Waals surface area contributed by atoms with Crippen LogP contribution in [0.25, 0.3) is 0 Å². The average Bonchev–Trinajstić information content (AvgIpc) is 2.99. The van der Waals surface area contributed by atoms with E-state index in [2.05, 4.69) is 10.3 Å². The molecule has 0 aromatic carbocycles. The van der Waals surface area contributed by atoms with Crippen LogP contribution in [0.2, 0.25) is 0 Å². The molecule has 2 fully saturated rings. The van der Waals surface area contributed by atoms with Crippen molar-refractivity contribution in [1.82, 2.24) is 4.98 Å². The van der Waals surface area contributed by atoms with Crippen molar-refractivity contribution in [2.45, 2.75) is 25.7 Å². The Morgan fingerprint density at radius 1 is 1.42 bits per heavy atom. The summed E-state index contributed by atoms with van der Waals surface area (Å²) in [4.78, 5) is 15.4. The number of anilines is 2. The minimum atomic E-state index is -0.511. The highest BCUT2D eigenvalue weighted by Crippen LogP contribution is 2.48. The van der Waals surface area contributed by atoms with Crippen LogP contribution in [-0.2, 0) is 0 Å². The van der Waals surface area contributed by atoms with Gasteiger partial charge in [-0.3, -0.25) is 4.79 Å². The summed E-state index contributed by atoms with van der Waals surface area (Å²) in [5.41, 5.74) is 11.6. The molecule has 2 aliphatic rings. The Balaban J connectivity index is 1.64. The predicted molar refractivity (Wildman–Crippen MR) is 74.6 cm³/mol. The van der Waals surface area contributed by atoms with E-state index in [4.69, 9.17) is 11.5 Å². The Morgan fingerprint density at radius 2 is 2.26 bits per heavy atom. The molecule has 3 rings (SSSR count). The molecule has 5 N–H and O–H groups in total. The molecule has 0 saturated heterocycles. The lowest BCUT2D eigenvalue weighted by Crippen LogP contribution is -2.21. The molecule has 1 aromatic heterocycles. The molecule has 0 spiro atoms. The number of nitrogens with one attached hydrogen (secondary N) is 1. The smallest absolute Gasteiger partial charge is 0.250 e. The first-order valence-electron chi connectivity index (χ1n) is 6.92. The highest BCUT2D eigenvalue weighted by molar-refractivity contribution is 5.98. The second-order valence-corrected chi connectivity index (χ2v) is 5.84. The number of nitrogen functional groups attached to an aromatic ring is 1. The second kappa shape index (κ2) is 4.72. The van der Waals surface area contributed by atoms with Gasteiger partial charge in [0.1, 0.15) is 5.82 Å². The zero-order valence-electron chi connectivity index (χ0n) is 10.9. The molecule has 2 saturated carbocycles. The maximum atomic E-state index is 11.2. The third kappa shape index (κ3) is 2.37. The van der Waals surface area contributed by atoms with Crippen LogP contribution in [0.1, 0.15) is 36.0 Å². The van der Waals surface area contributed by atoms with E-state index in [-0.39, 0.29) is 0 Å². The van der Waals surface area contributed by atoms with E-state index < -0.39 is 5.91 Å². The Hall–Kier alpha value is -1.78. The molecule has 1 heterocycles. The molecule has 19 heavy (non-hydrogen) atoms. The number of primary amides is 1. The summed E-state index contributed by atoms with van der Waals surface area (Å²) in [6.45, 7) is 0.927. The number of aromatic nitrogens is 1. The first kappa shape index (κ1) is 12.3. The Kier molecular flexibility index (Phi) is 3.05. The van der Waals surface area contributed by atoms with Gasteiger partial charge in [0.2, 0.25) is 0 Å². The maximum Gasteiger partial charge on any atom is 0.250 e. The minimum absolute atomic E-state index is 0.331. The first-order valence-corrected chi connectivity index (χ1v) is 6.92. The monoisotopic (exact) mass is 260 g/mol. The van der Waals surface area contributed by atoms with Gasteiger partial charge in [-0.15, -0.1) is 0 Å². The van der Waals surface area contributed by atoms with Gasteiger partial charge in [0.25, 0.3) is 5.91 Å². The Morgan fingerprint density at radius 3 is 2.89 bits per heavy atom. The van der Waals surface area contributed by atoms with Crippen LogP contribution in [0.15, 0.2) is 12.3 Å². The fourth-order valence-electron chi connectivity index (χ4n) is 3.64. The minimum Gasteiger partial charge on any atom is -0.397 e. The molecule has 2 aliphatic carbocycles. The molecular weight excluding hydrogens is 240 g/mol.